The van der Waals surface area contributed by atoms with Gasteiger partial charge in [0, 0.05) is 0 Å². The van der Waals surface area contributed by atoms with E-state index in [0.717, 1.165) is 0 Å². The minimum absolute atomic E-state index is 1.69. The van der Waals surface area contributed by atoms with E-state index in [4.69, 9.17) is 4.89 Å². The molecule has 0 heterocycles. The maximum atomic E-state index is 10.0. The SMILES string of the molecule is NN[PH](=O)O[PH](=O)O. The quantitative estimate of drug-likeness (QED) is 0.285. The summed E-state index contributed by atoms with van der Waals surface area (Å²) >= 11 is 0. The first-order valence-electron chi connectivity index (χ1n) is 1.58. The summed E-state index contributed by atoms with van der Waals surface area (Å²) in [5, 5.41) is 1.69. The van der Waals surface area contributed by atoms with E-state index >= 15 is 0 Å². The van der Waals surface area contributed by atoms with Gasteiger partial charge in [-0.1, -0.05) is 0 Å². The van der Waals surface area contributed by atoms with Crippen molar-refractivity contribution in [3.05, 3.63) is 0 Å². The summed E-state index contributed by atoms with van der Waals surface area (Å²) in [6.07, 6.45) is 0. The number of hydrazine groups is 1. The van der Waals surface area contributed by atoms with Crippen LogP contribution in [-0.4, -0.2) is 4.89 Å². The molecule has 0 fully saturated rings. The van der Waals surface area contributed by atoms with E-state index in [0.29, 0.717) is 0 Å². The van der Waals surface area contributed by atoms with Gasteiger partial charge in [-0.05, 0) is 0 Å². The topological polar surface area (TPSA) is 102 Å². The predicted octanol–water partition coefficient (Wildman–Crippen LogP) is -0.762. The Morgan fingerprint density at radius 2 is 2.12 bits per heavy atom. The standard InChI is InChI=1S/H6N2O4P2/c1-2-7(3)6-8(4)5/h7-8H,1H2,(H,2,3)(H,4,5). The fourth-order valence-electron chi connectivity index (χ4n) is 0.109. The highest BCUT2D eigenvalue weighted by atomic mass is 31.2. The zero-order valence-corrected chi connectivity index (χ0v) is 5.75. The first-order valence-corrected chi connectivity index (χ1v) is 4.16. The maximum Gasteiger partial charge on any atom is 0.322 e. The molecule has 0 aromatic carbocycles. The van der Waals surface area contributed by atoms with E-state index in [-0.39, 0.29) is 0 Å². The predicted molar refractivity (Wildman–Crippen MR) is 28.6 cm³/mol. The molecular formula is H6N2O4P2. The van der Waals surface area contributed by atoms with Crippen LogP contribution in [0.4, 0.5) is 0 Å². The number of hydrogen-bond donors (Lipinski definition) is 3. The zero-order chi connectivity index (χ0) is 6.57. The van der Waals surface area contributed by atoms with Gasteiger partial charge in [0.2, 0.25) is 0 Å². The molecule has 0 amide bonds. The van der Waals surface area contributed by atoms with Gasteiger partial charge < -0.3 is 4.89 Å². The Morgan fingerprint density at radius 3 is 2.25 bits per heavy atom. The monoisotopic (exact) mass is 160 g/mol. The smallest absolute Gasteiger partial charge is 0.322 e. The highest BCUT2D eigenvalue weighted by Crippen LogP contribution is 2.30. The summed E-state index contributed by atoms with van der Waals surface area (Å²) in [4.78, 5) is 7.91. The largest absolute Gasteiger partial charge is 0.326 e. The normalized spacial score (nSPS) is 17.8. The second-order valence-electron chi connectivity index (χ2n) is 0.800. The van der Waals surface area contributed by atoms with Gasteiger partial charge in [-0.25, -0.2) is 4.31 Å². The maximum absolute atomic E-state index is 10.0. The summed E-state index contributed by atoms with van der Waals surface area (Å²) in [6.45, 7) is 0. The molecule has 0 saturated heterocycles. The molecule has 0 spiro atoms. The molecule has 4 N–H and O–H groups in total. The third kappa shape index (κ3) is 4.46. The van der Waals surface area contributed by atoms with E-state index < -0.39 is 16.4 Å². The van der Waals surface area contributed by atoms with Crippen molar-refractivity contribution < 1.29 is 18.3 Å². The van der Waals surface area contributed by atoms with Gasteiger partial charge in [0.25, 0.3) is 8.18 Å². The van der Waals surface area contributed by atoms with Gasteiger partial charge in [0.1, 0.15) is 0 Å². The van der Waals surface area contributed by atoms with Crippen LogP contribution >= 0.6 is 16.4 Å². The summed E-state index contributed by atoms with van der Waals surface area (Å²) in [5.41, 5.74) is 0. The van der Waals surface area contributed by atoms with E-state index in [1.807, 2.05) is 0 Å². The first kappa shape index (κ1) is 8.30. The molecule has 6 nitrogen and oxygen atoms in total. The molecule has 0 bridgehead atoms. The van der Waals surface area contributed by atoms with Gasteiger partial charge in [-0.15, -0.1) is 0 Å². The molecular weight excluding hydrogens is 154 g/mol. The molecule has 50 valence electrons. The molecule has 2 unspecified atom stereocenters. The van der Waals surface area contributed by atoms with Crippen LogP contribution in [0.25, 0.3) is 0 Å². The lowest BCUT2D eigenvalue weighted by molar-refractivity contribution is 0.407. The van der Waals surface area contributed by atoms with Gasteiger partial charge in [-0.3, -0.25) is 15.0 Å². The van der Waals surface area contributed by atoms with Crippen LogP contribution in [0, 0.1) is 0 Å². The van der Waals surface area contributed by atoms with E-state index in [1.54, 1.807) is 5.20 Å². The Bertz CT molecular complexity index is 111. The fourth-order valence-corrected chi connectivity index (χ4v) is 0.979. The molecule has 0 aliphatic rings. The summed E-state index contributed by atoms with van der Waals surface area (Å²) in [7, 11) is -5.77. The van der Waals surface area contributed by atoms with Crippen molar-refractivity contribution in [2.75, 3.05) is 0 Å². The number of rotatable bonds is 3. The average Bonchev–Trinajstić information content (AvgIpc) is 1.65. The lowest BCUT2D eigenvalue weighted by atomic mass is 13.0. The first-order chi connectivity index (χ1) is 3.66. The Hall–Kier alpha value is 0.300. The minimum atomic E-state index is -3.11. The van der Waals surface area contributed by atoms with Crippen LogP contribution in [0.3, 0.4) is 0 Å². The van der Waals surface area contributed by atoms with Crippen molar-refractivity contribution in [1.82, 2.24) is 5.20 Å². The van der Waals surface area contributed by atoms with Crippen LogP contribution in [0.15, 0.2) is 0 Å². The minimum Gasteiger partial charge on any atom is -0.326 e. The Morgan fingerprint density at radius 1 is 1.62 bits per heavy atom. The Kier molecular flexibility index (Phi) is 4.36. The third-order valence-electron chi connectivity index (χ3n) is 0.298. The zero-order valence-electron chi connectivity index (χ0n) is 3.75. The second kappa shape index (κ2) is 4.21. The van der Waals surface area contributed by atoms with E-state index in [9.17, 15) is 9.13 Å². The molecule has 0 aliphatic heterocycles. The molecule has 2 atom stereocenters. The summed E-state index contributed by atoms with van der Waals surface area (Å²) in [5.74, 6) is 4.54. The molecule has 0 aromatic rings. The van der Waals surface area contributed by atoms with Crippen molar-refractivity contribution in [3.8, 4) is 0 Å². The fraction of sp³-hybridized carbons (Fsp3) is 0. The molecule has 0 rings (SSSR count). The van der Waals surface area contributed by atoms with E-state index in [1.165, 1.54) is 0 Å². The molecule has 0 aliphatic carbocycles. The average molecular weight is 160 g/mol. The highest BCUT2D eigenvalue weighted by molar-refractivity contribution is 7.48. The van der Waals surface area contributed by atoms with Gasteiger partial charge in [0.05, 0.1) is 0 Å². The van der Waals surface area contributed by atoms with Crippen molar-refractivity contribution in [1.29, 1.82) is 0 Å². The highest BCUT2D eigenvalue weighted by Gasteiger charge is 1.96. The lowest BCUT2D eigenvalue weighted by Gasteiger charge is -1.94. The van der Waals surface area contributed by atoms with Crippen LogP contribution in [-0.2, 0) is 13.4 Å². The molecule has 8 heavy (non-hydrogen) atoms. The Labute approximate surface area is 46.9 Å². The van der Waals surface area contributed by atoms with Crippen LogP contribution in [0.5, 0.6) is 0 Å². The van der Waals surface area contributed by atoms with Crippen molar-refractivity contribution >= 4 is 16.4 Å². The lowest BCUT2D eigenvalue weighted by Crippen LogP contribution is -2.11. The van der Waals surface area contributed by atoms with Crippen LogP contribution in [0.1, 0.15) is 0 Å². The molecule has 0 saturated carbocycles. The second-order valence-corrected chi connectivity index (χ2v) is 3.01. The molecule has 0 aromatic heterocycles. The molecule has 8 heteroatoms. The van der Waals surface area contributed by atoms with Crippen molar-refractivity contribution in [2.45, 2.75) is 0 Å². The summed E-state index contributed by atoms with van der Waals surface area (Å²) < 4.78 is 23.5. The van der Waals surface area contributed by atoms with Crippen LogP contribution < -0.4 is 11.0 Å². The summed E-state index contributed by atoms with van der Waals surface area (Å²) in [6, 6.07) is 0. The van der Waals surface area contributed by atoms with Gasteiger partial charge >= 0.3 is 8.25 Å². The Balaban J connectivity index is 3.40. The number of nitrogens with two attached hydrogens (primary N) is 1. The van der Waals surface area contributed by atoms with Crippen molar-refractivity contribution in [2.24, 2.45) is 5.84 Å². The number of hydrogen-bond acceptors (Lipinski definition) is 4. The van der Waals surface area contributed by atoms with Gasteiger partial charge in [-0.2, -0.15) is 5.20 Å². The van der Waals surface area contributed by atoms with Gasteiger partial charge in [0.15, 0.2) is 0 Å². The van der Waals surface area contributed by atoms with E-state index in [2.05, 4.69) is 10.2 Å². The van der Waals surface area contributed by atoms with Crippen LogP contribution in [0.2, 0.25) is 0 Å². The van der Waals surface area contributed by atoms with Crippen molar-refractivity contribution in [3.63, 3.8) is 0 Å². The molecule has 0 radical (unpaired) electrons. The third-order valence-corrected chi connectivity index (χ3v) is 1.97. The number of nitrogens with one attached hydrogen (secondary N) is 1.